The van der Waals surface area contributed by atoms with Gasteiger partial charge in [-0.2, -0.15) is 0 Å². The highest BCUT2D eigenvalue weighted by atomic mass is 32.2. The summed E-state index contributed by atoms with van der Waals surface area (Å²) in [5.74, 6) is -0.689. The molecule has 0 bridgehead atoms. The molecular weight excluding hydrogens is 358 g/mol. The second-order valence-corrected chi connectivity index (χ2v) is 7.51. The molecule has 0 saturated heterocycles. The van der Waals surface area contributed by atoms with Crippen molar-refractivity contribution in [3.05, 3.63) is 54.1 Å². The van der Waals surface area contributed by atoms with Crippen molar-refractivity contribution < 1.29 is 18.5 Å². The highest BCUT2D eigenvalue weighted by Crippen LogP contribution is 2.24. The van der Waals surface area contributed by atoms with Crippen LogP contribution in [-0.4, -0.2) is 34.7 Å². The van der Waals surface area contributed by atoms with Crippen LogP contribution in [-0.2, 0) is 20.3 Å². The Morgan fingerprint density at radius 1 is 1.12 bits per heavy atom. The van der Waals surface area contributed by atoms with E-state index in [4.69, 9.17) is 4.74 Å². The van der Waals surface area contributed by atoms with E-state index in [0.29, 0.717) is 16.3 Å². The van der Waals surface area contributed by atoms with Crippen LogP contribution in [0.3, 0.4) is 0 Å². The Labute approximate surface area is 153 Å². The highest BCUT2D eigenvalue weighted by Gasteiger charge is 2.17. The van der Waals surface area contributed by atoms with Crippen LogP contribution in [0, 0.1) is 0 Å². The molecule has 25 heavy (non-hydrogen) atoms. The van der Waals surface area contributed by atoms with E-state index in [2.05, 4.69) is 5.32 Å². The number of carbonyl (C=O) groups is 2. The number of ether oxygens (including phenoxy) is 1. The van der Waals surface area contributed by atoms with E-state index in [9.17, 15) is 13.8 Å². The van der Waals surface area contributed by atoms with Crippen LogP contribution in [0.25, 0.3) is 0 Å². The maximum atomic E-state index is 12.2. The minimum atomic E-state index is -1.28. The molecule has 2 aromatic carbocycles. The first-order valence-corrected chi connectivity index (χ1v) is 10.2. The summed E-state index contributed by atoms with van der Waals surface area (Å²) in [4.78, 5) is 25.6. The van der Waals surface area contributed by atoms with Gasteiger partial charge in [-0.1, -0.05) is 31.2 Å². The number of benzene rings is 2. The maximum absolute atomic E-state index is 12.2. The zero-order chi connectivity index (χ0) is 18.2. The fourth-order valence-electron chi connectivity index (χ4n) is 2.13. The number of thioether (sulfide) groups is 1. The van der Waals surface area contributed by atoms with Crippen molar-refractivity contribution in [2.45, 2.75) is 16.7 Å². The zero-order valence-electron chi connectivity index (χ0n) is 14.0. The molecule has 2 rings (SSSR count). The summed E-state index contributed by atoms with van der Waals surface area (Å²) < 4.78 is 17.1. The number of anilines is 1. The number of hydrogen-bond donors (Lipinski definition) is 1. The van der Waals surface area contributed by atoms with Gasteiger partial charge < -0.3 is 10.1 Å². The summed E-state index contributed by atoms with van der Waals surface area (Å²) in [5, 5.41) is 2.72. The molecule has 0 unspecified atom stereocenters. The van der Waals surface area contributed by atoms with Crippen LogP contribution in [0.15, 0.2) is 58.3 Å². The van der Waals surface area contributed by atoms with Gasteiger partial charge in [-0.05, 0) is 30.5 Å². The molecule has 0 radical (unpaired) electrons. The number of amides is 1. The zero-order valence-corrected chi connectivity index (χ0v) is 15.6. The topological polar surface area (TPSA) is 72.5 Å². The smallest absolute Gasteiger partial charge is 0.339 e. The van der Waals surface area contributed by atoms with Crippen molar-refractivity contribution in [2.24, 2.45) is 0 Å². The first-order valence-electron chi connectivity index (χ1n) is 7.64. The molecule has 0 aromatic heterocycles. The fourth-order valence-corrected chi connectivity index (χ4v) is 3.62. The van der Waals surface area contributed by atoms with Crippen molar-refractivity contribution in [1.82, 2.24) is 0 Å². The third-order valence-electron chi connectivity index (χ3n) is 3.33. The molecule has 0 aliphatic carbocycles. The van der Waals surface area contributed by atoms with Gasteiger partial charge in [0.2, 0.25) is 0 Å². The Morgan fingerprint density at radius 2 is 1.80 bits per heavy atom. The SMILES string of the molecule is CC[S@](=O)c1ccccc1C(=O)OCC(=O)Nc1ccccc1SC. The molecule has 0 aliphatic rings. The van der Waals surface area contributed by atoms with Crippen molar-refractivity contribution in [1.29, 1.82) is 0 Å². The molecule has 0 fully saturated rings. The van der Waals surface area contributed by atoms with Gasteiger partial charge in [0.15, 0.2) is 6.61 Å². The average molecular weight is 377 g/mol. The molecule has 1 N–H and O–H groups in total. The van der Waals surface area contributed by atoms with E-state index in [1.807, 2.05) is 24.5 Å². The minimum absolute atomic E-state index is 0.222. The number of para-hydroxylation sites is 1. The molecule has 132 valence electrons. The Kier molecular flexibility index (Phi) is 7.21. The Bertz CT molecular complexity index is 792. The third kappa shape index (κ3) is 5.17. The van der Waals surface area contributed by atoms with Crippen LogP contribution in [0.4, 0.5) is 5.69 Å². The van der Waals surface area contributed by atoms with Crippen LogP contribution in [0.5, 0.6) is 0 Å². The van der Waals surface area contributed by atoms with Crippen LogP contribution < -0.4 is 5.32 Å². The molecule has 0 heterocycles. The number of esters is 1. The lowest BCUT2D eigenvalue weighted by molar-refractivity contribution is -0.119. The van der Waals surface area contributed by atoms with E-state index in [1.54, 1.807) is 37.3 Å². The number of rotatable bonds is 7. The molecular formula is C18H19NO4S2. The predicted octanol–water partition coefficient (Wildman–Crippen LogP) is 3.33. The molecule has 0 saturated carbocycles. The minimum Gasteiger partial charge on any atom is -0.452 e. The van der Waals surface area contributed by atoms with Gasteiger partial charge in [-0.3, -0.25) is 9.00 Å². The summed E-state index contributed by atoms with van der Waals surface area (Å²) in [5.41, 5.74) is 0.892. The van der Waals surface area contributed by atoms with Crippen molar-refractivity contribution in [3.63, 3.8) is 0 Å². The van der Waals surface area contributed by atoms with E-state index in [-0.39, 0.29) is 5.56 Å². The van der Waals surface area contributed by atoms with Crippen LogP contribution in [0.1, 0.15) is 17.3 Å². The molecule has 2 aromatic rings. The second kappa shape index (κ2) is 9.39. The van der Waals surface area contributed by atoms with Gasteiger partial charge in [0.05, 0.1) is 26.9 Å². The quantitative estimate of drug-likeness (QED) is 0.592. The summed E-state index contributed by atoms with van der Waals surface area (Å²) in [6, 6.07) is 13.9. The summed E-state index contributed by atoms with van der Waals surface area (Å²) in [6.07, 6.45) is 1.91. The first kappa shape index (κ1) is 19.2. The molecule has 0 spiro atoms. The van der Waals surface area contributed by atoms with Crippen LogP contribution in [0.2, 0.25) is 0 Å². The molecule has 7 heteroatoms. The monoisotopic (exact) mass is 377 g/mol. The lowest BCUT2D eigenvalue weighted by Crippen LogP contribution is -2.21. The van der Waals surface area contributed by atoms with E-state index in [0.717, 1.165) is 4.90 Å². The Hall–Kier alpha value is -2.12. The van der Waals surface area contributed by atoms with Gasteiger partial charge >= 0.3 is 5.97 Å². The first-order chi connectivity index (χ1) is 12.1. The molecule has 5 nitrogen and oxygen atoms in total. The predicted molar refractivity (Wildman–Crippen MR) is 101 cm³/mol. The van der Waals surface area contributed by atoms with Crippen molar-refractivity contribution in [3.8, 4) is 0 Å². The maximum Gasteiger partial charge on any atom is 0.339 e. The standard InChI is InChI=1S/C18H19NO4S2/c1-3-25(22)16-11-7-4-8-13(16)18(21)23-12-17(20)19-14-9-5-6-10-15(14)24-2/h4-11H,3,12H2,1-2H3,(H,19,20)/t25-/m0/s1. The summed E-state index contributed by atoms with van der Waals surface area (Å²) in [6.45, 7) is 1.36. The Morgan fingerprint density at radius 3 is 2.52 bits per heavy atom. The average Bonchev–Trinajstić information content (AvgIpc) is 2.65. The molecule has 1 amide bonds. The van der Waals surface area contributed by atoms with Gasteiger partial charge in [0.25, 0.3) is 5.91 Å². The lowest BCUT2D eigenvalue weighted by Gasteiger charge is -2.11. The lowest BCUT2D eigenvalue weighted by atomic mass is 10.2. The van der Waals surface area contributed by atoms with E-state index in [1.165, 1.54) is 11.8 Å². The summed E-state index contributed by atoms with van der Waals surface area (Å²) >= 11 is 1.51. The largest absolute Gasteiger partial charge is 0.452 e. The van der Waals surface area contributed by atoms with Gasteiger partial charge in [0, 0.05) is 10.6 Å². The fraction of sp³-hybridized carbons (Fsp3) is 0.222. The van der Waals surface area contributed by atoms with Crippen LogP contribution >= 0.6 is 11.8 Å². The van der Waals surface area contributed by atoms with E-state index < -0.39 is 29.3 Å². The normalized spacial score (nSPS) is 11.6. The van der Waals surface area contributed by atoms with Gasteiger partial charge in [0.1, 0.15) is 0 Å². The Balaban J connectivity index is 2.01. The third-order valence-corrected chi connectivity index (χ3v) is 5.50. The number of nitrogens with one attached hydrogen (secondary N) is 1. The van der Waals surface area contributed by atoms with Gasteiger partial charge in [-0.15, -0.1) is 11.8 Å². The number of carbonyl (C=O) groups excluding carboxylic acids is 2. The van der Waals surface area contributed by atoms with Crippen molar-refractivity contribution in [2.75, 3.05) is 23.9 Å². The summed E-state index contributed by atoms with van der Waals surface area (Å²) in [7, 11) is -1.28. The van der Waals surface area contributed by atoms with E-state index >= 15 is 0 Å². The molecule has 1 atom stereocenters. The molecule has 0 aliphatic heterocycles. The number of hydrogen-bond acceptors (Lipinski definition) is 5. The van der Waals surface area contributed by atoms with Gasteiger partial charge in [-0.25, -0.2) is 4.79 Å². The van der Waals surface area contributed by atoms with Crippen molar-refractivity contribution >= 4 is 40.1 Å². The second-order valence-electron chi connectivity index (χ2n) is 4.95. The highest BCUT2D eigenvalue weighted by molar-refractivity contribution is 7.98.